The van der Waals surface area contributed by atoms with Crippen LogP contribution < -0.4 is 19.2 Å². The third-order valence-electron chi connectivity index (χ3n) is 7.60. The van der Waals surface area contributed by atoms with Crippen LogP contribution >= 0.6 is 39.0 Å². The topological polar surface area (TPSA) is 109 Å². The number of benzene rings is 2. The molecule has 0 radical (unpaired) electrons. The number of carbonyl (C=O) groups is 3. The molecule has 1 N–H and O–H groups in total. The van der Waals surface area contributed by atoms with Gasteiger partial charge in [0.15, 0.2) is 18.1 Å². The van der Waals surface area contributed by atoms with Crippen molar-refractivity contribution in [3.05, 3.63) is 67.0 Å². The van der Waals surface area contributed by atoms with Crippen molar-refractivity contribution in [2.45, 2.75) is 42.4 Å². The number of rotatable bonds is 7. The Morgan fingerprint density at radius 2 is 1.76 bits per heavy atom. The van der Waals surface area contributed by atoms with Crippen LogP contribution in [0.2, 0.25) is 0 Å². The van der Waals surface area contributed by atoms with E-state index >= 15 is 0 Å². The summed E-state index contributed by atoms with van der Waals surface area (Å²) in [6.07, 6.45) is 3.13. The van der Waals surface area contributed by atoms with E-state index in [0.29, 0.717) is 28.8 Å². The first kappa shape index (κ1) is 28.0. The molecular weight excluding hydrogens is 630 g/mol. The molecule has 6 rings (SSSR count). The first-order valence-corrected chi connectivity index (χ1v) is 16.0. The van der Waals surface area contributed by atoms with Crippen LogP contribution in [-0.4, -0.2) is 59.2 Å². The average Bonchev–Trinajstić information content (AvgIpc) is 3.47. The molecule has 214 valence electrons. The normalized spacial score (nSPS) is 22.0. The maximum absolute atomic E-state index is 13.9. The fourth-order valence-corrected chi connectivity index (χ4v) is 8.48. The number of nitrogens with zero attached hydrogens (tertiary/aromatic N) is 2. The summed E-state index contributed by atoms with van der Waals surface area (Å²) in [6.45, 7) is 3.61. The van der Waals surface area contributed by atoms with Gasteiger partial charge >= 0.3 is 4.87 Å². The van der Waals surface area contributed by atoms with Gasteiger partial charge in [0, 0.05) is 28.4 Å². The van der Waals surface area contributed by atoms with Gasteiger partial charge in [-0.2, -0.15) is 0 Å². The molecule has 41 heavy (non-hydrogen) atoms. The highest BCUT2D eigenvalue weighted by Crippen LogP contribution is 2.53. The molecule has 3 aliphatic heterocycles. The Kier molecular flexibility index (Phi) is 7.97. The van der Waals surface area contributed by atoms with Gasteiger partial charge in [0.25, 0.3) is 5.91 Å². The number of aromatic nitrogens is 1. The summed E-state index contributed by atoms with van der Waals surface area (Å²) in [7, 11) is 0. The van der Waals surface area contributed by atoms with Gasteiger partial charge in [-0.3, -0.25) is 19.2 Å². The summed E-state index contributed by atoms with van der Waals surface area (Å²) >= 11 is 5.70. The molecule has 0 spiro atoms. The van der Waals surface area contributed by atoms with Gasteiger partial charge in [0.2, 0.25) is 11.8 Å². The van der Waals surface area contributed by atoms with E-state index in [1.807, 2.05) is 17.9 Å². The van der Waals surface area contributed by atoms with E-state index in [1.165, 1.54) is 16.7 Å². The van der Waals surface area contributed by atoms with E-state index in [9.17, 15) is 19.2 Å². The standard InChI is InChI=1S/C29H28BrN3O6S2/c1-2-38-20-14-16(6-11-19(20)39-15-21(34)32-12-4-3-5-13-32)22-23-25(40-26-24(22)41-29(37)31-26)28(36)33(27(23)35)18-9-7-17(30)8-10-18/h6-11,14,22-23,25H,2-5,12-13,15H2,1H3,(H,31,37)/t22-,23?,25?/m1/s1. The Hall–Kier alpha value is -3.09. The molecule has 0 bridgehead atoms. The molecule has 1 aromatic heterocycles. The number of nitrogens with one attached hydrogen (secondary N) is 1. The van der Waals surface area contributed by atoms with Crippen LogP contribution in [0.5, 0.6) is 11.5 Å². The van der Waals surface area contributed by atoms with Crippen LogP contribution in [0.25, 0.3) is 0 Å². The molecule has 3 atom stereocenters. The number of H-pyrrole nitrogens is 1. The van der Waals surface area contributed by atoms with E-state index in [-0.39, 0.29) is 29.2 Å². The molecule has 3 amide bonds. The van der Waals surface area contributed by atoms with Crippen molar-refractivity contribution in [3.63, 3.8) is 0 Å². The number of ether oxygens (including phenoxy) is 2. The zero-order valence-electron chi connectivity index (χ0n) is 22.3. The zero-order valence-corrected chi connectivity index (χ0v) is 25.5. The number of amides is 3. The summed E-state index contributed by atoms with van der Waals surface area (Å²) < 4.78 is 12.7. The van der Waals surface area contributed by atoms with Crippen LogP contribution in [-0.2, 0) is 14.4 Å². The number of aromatic amines is 1. The second-order valence-electron chi connectivity index (χ2n) is 10.1. The van der Waals surface area contributed by atoms with Gasteiger partial charge in [-0.05, 0) is 68.1 Å². The van der Waals surface area contributed by atoms with Crippen molar-refractivity contribution in [3.8, 4) is 11.5 Å². The molecule has 3 aromatic rings. The highest BCUT2D eigenvalue weighted by Gasteiger charge is 2.56. The molecule has 2 aromatic carbocycles. The van der Waals surface area contributed by atoms with Crippen LogP contribution in [0.3, 0.4) is 0 Å². The monoisotopic (exact) mass is 657 g/mol. The van der Waals surface area contributed by atoms with Gasteiger partial charge in [-0.25, -0.2) is 4.90 Å². The number of hydrogen-bond acceptors (Lipinski definition) is 8. The lowest BCUT2D eigenvalue weighted by molar-refractivity contribution is -0.134. The molecular formula is C29H28BrN3O6S2. The molecule has 4 heterocycles. The van der Waals surface area contributed by atoms with Crippen LogP contribution in [0.4, 0.5) is 5.69 Å². The fourth-order valence-electron chi connectivity index (χ4n) is 5.70. The van der Waals surface area contributed by atoms with Crippen LogP contribution in [0.15, 0.2) is 56.8 Å². The minimum absolute atomic E-state index is 0.0618. The number of likely N-dealkylation sites (tertiary alicyclic amines) is 1. The van der Waals surface area contributed by atoms with Crippen molar-refractivity contribution in [1.82, 2.24) is 9.88 Å². The lowest BCUT2D eigenvalue weighted by atomic mass is 9.83. The van der Waals surface area contributed by atoms with Crippen LogP contribution in [0.1, 0.15) is 42.5 Å². The molecule has 2 unspecified atom stereocenters. The molecule has 0 aliphatic carbocycles. The van der Waals surface area contributed by atoms with E-state index in [0.717, 1.165) is 58.6 Å². The highest BCUT2D eigenvalue weighted by atomic mass is 79.9. The van der Waals surface area contributed by atoms with Crippen molar-refractivity contribution in [2.75, 3.05) is 31.2 Å². The Labute approximate surface area is 253 Å². The van der Waals surface area contributed by atoms with Gasteiger partial charge in [0.05, 0.1) is 23.2 Å². The summed E-state index contributed by atoms with van der Waals surface area (Å²) in [6, 6.07) is 12.4. The minimum Gasteiger partial charge on any atom is -0.490 e. The van der Waals surface area contributed by atoms with Crippen molar-refractivity contribution in [1.29, 1.82) is 0 Å². The summed E-state index contributed by atoms with van der Waals surface area (Å²) in [4.78, 5) is 59.1. The molecule has 2 saturated heterocycles. The maximum atomic E-state index is 13.9. The predicted molar refractivity (Wildman–Crippen MR) is 160 cm³/mol. The summed E-state index contributed by atoms with van der Waals surface area (Å²) in [5.41, 5.74) is 1.24. The lowest BCUT2D eigenvalue weighted by Gasteiger charge is -2.30. The van der Waals surface area contributed by atoms with Crippen molar-refractivity contribution >= 4 is 62.4 Å². The van der Waals surface area contributed by atoms with E-state index in [1.54, 1.807) is 36.4 Å². The predicted octanol–water partition coefficient (Wildman–Crippen LogP) is 4.78. The Morgan fingerprint density at radius 1 is 1.00 bits per heavy atom. The second kappa shape index (κ2) is 11.7. The number of thiazole rings is 1. The van der Waals surface area contributed by atoms with Gasteiger partial charge < -0.3 is 19.4 Å². The Bertz CT molecular complexity index is 1550. The van der Waals surface area contributed by atoms with Crippen molar-refractivity contribution < 1.29 is 23.9 Å². The van der Waals surface area contributed by atoms with Crippen LogP contribution in [0, 0.1) is 5.92 Å². The number of piperidine rings is 1. The van der Waals surface area contributed by atoms with E-state index in [2.05, 4.69) is 20.9 Å². The number of fused-ring (bicyclic) bond motifs is 2. The average molecular weight is 659 g/mol. The maximum Gasteiger partial charge on any atom is 0.305 e. The quantitative estimate of drug-likeness (QED) is 0.364. The van der Waals surface area contributed by atoms with Gasteiger partial charge in [-0.15, -0.1) is 0 Å². The Morgan fingerprint density at radius 3 is 2.49 bits per heavy atom. The number of thioether (sulfide) groups is 1. The molecule has 2 fully saturated rings. The Balaban J connectivity index is 1.34. The third kappa shape index (κ3) is 5.32. The van der Waals surface area contributed by atoms with E-state index < -0.39 is 17.1 Å². The van der Waals surface area contributed by atoms with Gasteiger partial charge in [0.1, 0.15) is 5.25 Å². The second-order valence-corrected chi connectivity index (χ2v) is 13.2. The number of hydrogen-bond donors (Lipinski definition) is 1. The first-order chi connectivity index (χ1) is 19.9. The molecule has 0 saturated carbocycles. The number of halogens is 1. The number of imide groups is 1. The van der Waals surface area contributed by atoms with Crippen molar-refractivity contribution in [2.24, 2.45) is 5.92 Å². The SMILES string of the molecule is CCOc1cc([C@H]2c3sc(=O)[nH]c3SC3C(=O)N(c4ccc(Br)cc4)C(=O)C32)ccc1OCC(=O)N1CCCCC1. The van der Waals surface area contributed by atoms with E-state index in [4.69, 9.17) is 9.47 Å². The summed E-state index contributed by atoms with van der Waals surface area (Å²) in [5, 5.41) is -0.0852. The fraction of sp³-hybridized carbons (Fsp3) is 0.379. The highest BCUT2D eigenvalue weighted by molar-refractivity contribution is 9.10. The smallest absolute Gasteiger partial charge is 0.305 e. The molecule has 9 nitrogen and oxygen atoms in total. The van der Waals surface area contributed by atoms with Gasteiger partial charge in [-0.1, -0.05) is 45.1 Å². The molecule has 12 heteroatoms. The zero-order chi connectivity index (χ0) is 28.7. The first-order valence-electron chi connectivity index (χ1n) is 13.6. The summed E-state index contributed by atoms with van der Waals surface area (Å²) in [5.74, 6) is -1.06. The minimum atomic E-state index is -0.711. The third-order valence-corrected chi connectivity index (χ3v) is 10.5. The molecule has 3 aliphatic rings. The number of carbonyl (C=O) groups excluding carboxylic acids is 3. The number of anilines is 1. The lowest BCUT2D eigenvalue weighted by Crippen LogP contribution is -2.38. The largest absolute Gasteiger partial charge is 0.490 e.